The zero-order valence-corrected chi connectivity index (χ0v) is 26.3. The molecule has 0 bridgehead atoms. The van der Waals surface area contributed by atoms with E-state index in [1.807, 2.05) is 60.7 Å². The summed E-state index contributed by atoms with van der Waals surface area (Å²) >= 11 is 0. The van der Waals surface area contributed by atoms with Crippen molar-refractivity contribution in [2.75, 3.05) is 26.7 Å². The molecule has 0 aromatic heterocycles. The van der Waals surface area contributed by atoms with E-state index in [4.69, 9.17) is 0 Å². The molecular weight excluding hydrogens is 585 g/mol. The van der Waals surface area contributed by atoms with Gasteiger partial charge in [0.15, 0.2) is 0 Å². The summed E-state index contributed by atoms with van der Waals surface area (Å²) in [5.41, 5.74) is 2.51. The first-order valence-corrected chi connectivity index (χ1v) is 15.9. The predicted molar refractivity (Wildman–Crippen MR) is 173 cm³/mol. The highest BCUT2D eigenvalue weighted by atomic mass is 19.1. The molecule has 2 heterocycles. The van der Waals surface area contributed by atoms with Gasteiger partial charge in [0.2, 0.25) is 23.6 Å². The summed E-state index contributed by atoms with van der Waals surface area (Å²) in [5, 5.41) is 9.09. The van der Waals surface area contributed by atoms with Crippen molar-refractivity contribution >= 4 is 23.6 Å². The van der Waals surface area contributed by atoms with Gasteiger partial charge >= 0.3 is 0 Å². The number of nitrogens with zero attached hydrogens (tertiary/aromatic N) is 2. The number of carbonyl (C=O) groups is 4. The molecule has 2 saturated heterocycles. The van der Waals surface area contributed by atoms with E-state index in [2.05, 4.69) is 16.0 Å². The number of benzene rings is 3. The van der Waals surface area contributed by atoms with Crippen LogP contribution in [0.2, 0.25) is 0 Å². The Balaban J connectivity index is 1.38. The van der Waals surface area contributed by atoms with Gasteiger partial charge in [0.25, 0.3) is 0 Å². The topological polar surface area (TPSA) is 111 Å². The zero-order valence-electron chi connectivity index (χ0n) is 26.3. The summed E-state index contributed by atoms with van der Waals surface area (Å²) in [4.78, 5) is 58.3. The lowest BCUT2D eigenvalue weighted by Gasteiger charge is -2.39. The van der Waals surface area contributed by atoms with E-state index in [9.17, 15) is 23.6 Å². The van der Waals surface area contributed by atoms with Gasteiger partial charge in [-0.3, -0.25) is 19.2 Å². The molecule has 3 N–H and O–H groups in total. The summed E-state index contributed by atoms with van der Waals surface area (Å²) in [6, 6.07) is 22.8. The Morgan fingerprint density at radius 2 is 1.52 bits per heavy atom. The third-order valence-electron chi connectivity index (χ3n) is 8.94. The van der Waals surface area contributed by atoms with Gasteiger partial charge in [-0.2, -0.15) is 0 Å². The van der Waals surface area contributed by atoms with Crippen LogP contribution in [0, 0.1) is 11.7 Å². The molecule has 0 unspecified atom stereocenters. The number of rotatable bonds is 10. The molecule has 9 nitrogen and oxygen atoms in total. The lowest BCUT2D eigenvalue weighted by Crippen LogP contribution is -2.62. The van der Waals surface area contributed by atoms with E-state index in [-0.39, 0.29) is 48.5 Å². The number of fused-ring (bicyclic) bond motifs is 1. The molecule has 2 aliphatic heterocycles. The maximum atomic E-state index is 14.3. The van der Waals surface area contributed by atoms with Gasteiger partial charge in [0.05, 0.1) is 12.5 Å². The smallest absolute Gasteiger partial charge is 0.247 e. The second kappa shape index (κ2) is 15.1. The first-order valence-electron chi connectivity index (χ1n) is 15.9. The quantitative estimate of drug-likeness (QED) is 0.320. The standard InChI is InChI=1S/C36H42FN5O4/c1-24(22-38-2)34(44)39-30-23-41(32(43)21-25-13-15-28(37)16-14-25)20-19-29-17-18-31(42(29)36(30)46)35(45)40-33(26-9-5-3-6-10-26)27-11-7-4-8-12-27/h3-16,24,29-31,33,38H,17-23H2,1-2H3,(H,39,44)(H,40,45)/t24-,29-,30+,31+/m1/s1. The molecule has 0 radical (unpaired) electrons. The molecule has 3 aromatic rings. The first-order chi connectivity index (χ1) is 22.2. The molecule has 0 spiro atoms. The molecule has 0 aliphatic carbocycles. The Morgan fingerprint density at radius 1 is 0.891 bits per heavy atom. The van der Waals surface area contributed by atoms with Crippen molar-refractivity contribution in [2.45, 2.75) is 56.8 Å². The summed E-state index contributed by atoms with van der Waals surface area (Å²) in [6.07, 6.45) is 1.62. The molecule has 242 valence electrons. The van der Waals surface area contributed by atoms with Gasteiger partial charge in [0, 0.05) is 31.6 Å². The minimum Gasteiger partial charge on any atom is -0.343 e. The highest BCUT2D eigenvalue weighted by Crippen LogP contribution is 2.31. The SMILES string of the molecule is CNC[C@@H](C)C(=O)N[C@H]1CN(C(=O)Cc2ccc(F)cc2)CC[C@H]2CC[C@@H](C(=O)NC(c3ccccc3)c3ccccc3)N2C1=O. The van der Waals surface area contributed by atoms with Gasteiger partial charge in [-0.25, -0.2) is 4.39 Å². The van der Waals surface area contributed by atoms with Crippen LogP contribution in [0.25, 0.3) is 0 Å². The molecular formula is C36H42FN5O4. The summed E-state index contributed by atoms with van der Waals surface area (Å²) < 4.78 is 13.5. The lowest BCUT2D eigenvalue weighted by molar-refractivity contribution is -0.147. The van der Waals surface area contributed by atoms with E-state index in [0.717, 1.165) is 11.1 Å². The van der Waals surface area contributed by atoms with Crippen LogP contribution in [0.4, 0.5) is 4.39 Å². The number of nitrogens with one attached hydrogen (secondary N) is 3. The van der Waals surface area contributed by atoms with Crippen LogP contribution in [-0.4, -0.2) is 78.2 Å². The lowest BCUT2D eigenvalue weighted by atomic mass is 9.98. The number of hydrogen-bond donors (Lipinski definition) is 3. The van der Waals surface area contributed by atoms with Gasteiger partial charge < -0.3 is 25.8 Å². The second-order valence-corrected chi connectivity index (χ2v) is 12.2. The van der Waals surface area contributed by atoms with Crippen LogP contribution < -0.4 is 16.0 Å². The summed E-state index contributed by atoms with van der Waals surface area (Å²) in [6.45, 7) is 2.51. The van der Waals surface area contributed by atoms with Gasteiger partial charge in [-0.05, 0) is 55.1 Å². The number of amides is 4. The monoisotopic (exact) mass is 627 g/mol. The van der Waals surface area contributed by atoms with E-state index >= 15 is 0 Å². The fourth-order valence-electron chi connectivity index (χ4n) is 6.46. The average molecular weight is 628 g/mol. The maximum absolute atomic E-state index is 14.3. The van der Waals surface area contributed by atoms with Crippen molar-refractivity contribution in [3.05, 3.63) is 107 Å². The van der Waals surface area contributed by atoms with Crippen LogP contribution in [-0.2, 0) is 25.6 Å². The third kappa shape index (κ3) is 7.80. The van der Waals surface area contributed by atoms with E-state index in [1.54, 1.807) is 35.9 Å². The second-order valence-electron chi connectivity index (χ2n) is 12.2. The average Bonchev–Trinajstić information content (AvgIpc) is 3.49. The Morgan fingerprint density at radius 3 is 2.13 bits per heavy atom. The number of carbonyl (C=O) groups excluding carboxylic acids is 4. The van der Waals surface area contributed by atoms with Gasteiger partial charge in [-0.15, -0.1) is 0 Å². The molecule has 4 atom stereocenters. The summed E-state index contributed by atoms with van der Waals surface area (Å²) in [7, 11) is 1.75. The molecule has 0 saturated carbocycles. The van der Waals surface area contributed by atoms with Crippen molar-refractivity contribution in [1.82, 2.24) is 25.8 Å². The van der Waals surface area contributed by atoms with Crippen molar-refractivity contribution in [3.8, 4) is 0 Å². The molecule has 2 fully saturated rings. The van der Waals surface area contributed by atoms with Crippen LogP contribution in [0.15, 0.2) is 84.9 Å². The first kappa shape index (κ1) is 32.8. The summed E-state index contributed by atoms with van der Waals surface area (Å²) in [5.74, 6) is -1.96. The minimum absolute atomic E-state index is 0.0227. The molecule has 3 aromatic carbocycles. The Kier molecular flexibility index (Phi) is 10.8. The normalized spacial score (nSPS) is 20.4. The maximum Gasteiger partial charge on any atom is 0.247 e. The number of hydrogen-bond acceptors (Lipinski definition) is 5. The van der Waals surface area contributed by atoms with Crippen LogP contribution >= 0.6 is 0 Å². The van der Waals surface area contributed by atoms with Crippen molar-refractivity contribution in [3.63, 3.8) is 0 Å². The largest absolute Gasteiger partial charge is 0.343 e. The zero-order chi connectivity index (χ0) is 32.6. The Labute approximate surface area is 269 Å². The third-order valence-corrected chi connectivity index (χ3v) is 8.94. The molecule has 4 amide bonds. The van der Waals surface area contributed by atoms with Crippen molar-refractivity contribution in [2.24, 2.45) is 5.92 Å². The van der Waals surface area contributed by atoms with Crippen molar-refractivity contribution in [1.29, 1.82) is 0 Å². The minimum atomic E-state index is -1.03. The Hall–Kier alpha value is -4.57. The van der Waals surface area contributed by atoms with Crippen LogP contribution in [0.5, 0.6) is 0 Å². The van der Waals surface area contributed by atoms with E-state index < -0.39 is 24.0 Å². The highest BCUT2D eigenvalue weighted by molar-refractivity contribution is 5.94. The van der Waals surface area contributed by atoms with Crippen LogP contribution in [0.3, 0.4) is 0 Å². The highest BCUT2D eigenvalue weighted by Gasteiger charge is 2.46. The van der Waals surface area contributed by atoms with Crippen LogP contribution in [0.1, 0.15) is 48.9 Å². The number of halogens is 1. The predicted octanol–water partition coefficient (Wildman–Crippen LogP) is 3.21. The fraction of sp³-hybridized carbons (Fsp3) is 0.389. The molecule has 10 heteroatoms. The fourth-order valence-corrected chi connectivity index (χ4v) is 6.46. The van der Waals surface area contributed by atoms with Crippen molar-refractivity contribution < 1.29 is 23.6 Å². The molecule has 46 heavy (non-hydrogen) atoms. The van der Waals surface area contributed by atoms with Gasteiger partial charge in [0.1, 0.15) is 17.9 Å². The van der Waals surface area contributed by atoms with E-state index in [1.165, 1.54) is 12.1 Å². The molecule has 2 aliphatic rings. The van der Waals surface area contributed by atoms with E-state index in [0.29, 0.717) is 37.9 Å². The molecule has 5 rings (SSSR count). The Bertz CT molecular complexity index is 1460. The van der Waals surface area contributed by atoms with Gasteiger partial charge in [-0.1, -0.05) is 79.7 Å².